The Morgan fingerprint density at radius 3 is 2.95 bits per heavy atom. The third-order valence-corrected chi connectivity index (χ3v) is 4.38. The fourth-order valence-corrected chi connectivity index (χ4v) is 3.08. The maximum Gasteiger partial charge on any atom is 0.161 e. The molecule has 2 heterocycles. The third kappa shape index (κ3) is 3.89. The highest BCUT2D eigenvalue weighted by atomic mass is 16.6. The largest absolute Gasteiger partial charge is 0.486 e. The van der Waals surface area contributed by atoms with Crippen molar-refractivity contribution in [1.29, 1.82) is 0 Å². The van der Waals surface area contributed by atoms with Crippen molar-refractivity contribution in [2.24, 2.45) is 0 Å². The van der Waals surface area contributed by atoms with E-state index in [1.54, 1.807) is 0 Å². The number of nitrogens with one attached hydrogen (secondary N) is 1. The van der Waals surface area contributed by atoms with Crippen molar-refractivity contribution in [2.45, 2.75) is 32.2 Å². The van der Waals surface area contributed by atoms with E-state index < -0.39 is 0 Å². The summed E-state index contributed by atoms with van der Waals surface area (Å²) in [4.78, 5) is 2.59. The Bertz CT molecular complexity index is 464. The Labute approximate surface area is 127 Å². The van der Waals surface area contributed by atoms with Crippen molar-refractivity contribution < 1.29 is 9.47 Å². The molecular formula is C17H26N2O2. The molecule has 0 bridgehead atoms. The van der Waals surface area contributed by atoms with Crippen LogP contribution in [0.5, 0.6) is 11.5 Å². The SMILES string of the molecule is CCC1CN(CCc2ccc3c(c2)OCCO3)CCCN1. The Balaban J connectivity index is 1.56. The monoisotopic (exact) mass is 290 g/mol. The highest BCUT2D eigenvalue weighted by Gasteiger charge is 2.16. The van der Waals surface area contributed by atoms with Gasteiger partial charge in [0.15, 0.2) is 11.5 Å². The van der Waals surface area contributed by atoms with Crippen LogP contribution in [0.3, 0.4) is 0 Å². The zero-order valence-corrected chi connectivity index (χ0v) is 12.9. The molecule has 0 amide bonds. The normalized spacial score (nSPS) is 22.8. The average Bonchev–Trinajstić information content (AvgIpc) is 2.78. The molecule has 2 aliphatic heterocycles. The highest BCUT2D eigenvalue weighted by Crippen LogP contribution is 2.30. The van der Waals surface area contributed by atoms with Crippen LogP contribution >= 0.6 is 0 Å². The summed E-state index contributed by atoms with van der Waals surface area (Å²) >= 11 is 0. The van der Waals surface area contributed by atoms with E-state index in [9.17, 15) is 0 Å². The van der Waals surface area contributed by atoms with E-state index in [0.29, 0.717) is 19.3 Å². The molecule has 1 aromatic rings. The van der Waals surface area contributed by atoms with E-state index in [0.717, 1.165) is 31.0 Å². The highest BCUT2D eigenvalue weighted by molar-refractivity contribution is 5.43. The number of ether oxygens (including phenoxy) is 2. The maximum absolute atomic E-state index is 5.66. The number of hydrogen-bond acceptors (Lipinski definition) is 4. The average molecular weight is 290 g/mol. The van der Waals surface area contributed by atoms with Gasteiger partial charge in [0.1, 0.15) is 13.2 Å². The van der Waals surface area contributed by atoms with Crippen LogP contribution in [-0.4, -0.2) is 50.3 Å². The third-order valence-electron chi connectivity index (χ3n) is 4.38. The molecule has 4 nitrogen and oxygen atoms in total. The molecule has 0 saturated carbocycles. The van der Waals surface area contributed by atoms with Crippen molar-refractivity contribution in [1.82, 2.24) is 10.2 Å². The fraction of sp³-hybridized carbons (Fsp3) is 0.647. The summed E-state index contributed by atoms with van der Waals surface area (Å²) in [6, 6.07) is 7.00. The number of fused-ring (bicyclic) bond motifs is 1. The van der Waals surface area contributed by atoms with E-state index in [1.165, 1.54) is 31.5 Å². The van der Waals surface area contributed by atoms with Crippen molar-refractivity contribution in [3.05, 3.63) is 23.8 Å². The van der Waals surface area contributed by atoms with Gasteiger partial charge >= 0.3 is 0 Å². The van der Waals surface area contributed by atoms with Gasteiger partial charge in [-0.05, 0) is 50.0 Å². The first-order chi connectivity index (χ1) is 10.3. The van der Waals surface area contributed by atoms with Crippen LogP contribution in [0.4, 0.5) is 0 Å². The molecule has 0 aromatic heterocycles. The Hall–Kier alpha value is -1.26. The maximum atomic E-state index is 5.66. The summed E-state index contributed by atoms with van der Waals surface area (Å²) in [5.41, 5.74) is 1.34. The molecule has 4 heteroatoms. The summed E-state index contributed by atoms with van der Waals surface area (Å²) in [5, 5.41) is 3.62. The second kappa shape index (κ2) is 7.14. The second-order valence-electron chi connectivity index (χ2n) is 5.94. The van der Waals surface area contributed by atoms with Crippen LogP contribution < -0.4 is 14.8 Å². The second-order valence-corrected chi connectivity index (χ2v) is 5.94. The van der Waals surface area contributed by atoms with Crippen LogP contribution in [0, 0.1) is 0 Å². The topological polar surface area (TPSA) is 33.7 Å². The minimum Gasteiger partial charge on any atom is -0.486 e. The summed E-state index contributed by atoms with van der Waals surface area (Å²) in [5.74, 6) is 1.79. The number of benzene rings is 1. The molecule has 116 valence electrons. The van der Waals surface area contributed by atoms with Crippen LogP contribution in [0.25, 0.3) is 0 Å². The molecule has 1 saturated heterocycles. The van der Waals surface area contributed by atoms with E-state index in [4.69, 9.17) is 9.47 Å². The Morgan fingerprint density at radius 1 is 1.24 bits per heavy atom. The van der Waals surface area contributed by atoms with Gasteiger partial charge in [0, 0.05) is 19.1 Å². The zero-order chi connectivity index (χ0) is 14.5. The van der Waals surface area contributed by atoms with Crippen LogP contribution in [-0.2, 0) is 6.42 Å². The fourth-order valence-electron chi connectivity index (χ4n) is 3.08. The van der Waals surface area contributed by atoms with E-state index in [2.05, 4.69) is 29.3 Å². The van der Waals surface area contributed by atoms with E-state index >= 15 is 0 Å². The molecule has 0 spiro atoms. The predicted molar refractivity (Wildman–Crippen MR) is 84.3 cm³/mol. The molecular weight excluding hydrogens is 264 g/mol. The van der Waals surface area contributed by atoms with Crippen molar-refractivity contribution in [3.63, 3.8) is 0 Å². The van der Waals surface area contributed by atoms with Gasteiger partial charge in [-0.25, -0.2) is 0 Å². The number of hydrogen-bond donors (Lipinski definition) is 1. The van der Waals surface area contributed by atoms with Crippen molar-refractivity contribution in [3.8, 4) is 11.5 Å². The van der Waals surface area contributed by atoms with Gasteiger partial charge < -0.3 is 19.7 Å². The molecule has 1 N–H and O–H groups in total. The molecule has 1 unspecified atom stereocenters. The first-order valence-electron chi connectivity index (χ1n) is 8.19. The van der Waals surface area contributed by atoms with Gasteiger partial charge in [0.25, 0.3) is 0 Å². The van der Waals surface area contributed by atoms with Gasteiger partial charge in [0.05, 0.1) is 0 Å². The lowest BCUT2D eigenvalue weighted by Crippen LogP contribution is -2.37. The van der Waals surface area contributed by atoms with Crippen molar-refractivity contribution >= 4 is 0 Å². The van der Waals surface area contributed by atoms with Crippen LogP contribution in [0.15, 0.2) is 18.2 Å². The van der Waals surface area contributed by atoms with Gasteiger partial charge in [-0.1, -0.05) is 13.0 Å². The molecule has 3 rings (SSSR count). The van der Waals surface area contributed by atoms with Gasteiger partial charge in [0.2, 0.25) is 0 Å². The number of rotatable bonds is 4. The Kier molecular flexibility index (Phi) is 4.99. The molecule has 0 radical (unpaired) electrons. The first kappa shape index (κ1) is 14.7. The summed E-state index contributed by atoms with van der Waals surface area (Å²) in [7, 11) is 0. The standard InChI is InChI=1S/C17H26N2O2/c1-2-15-13-19(8-3-7-18-15)9-6-14-4-5-16-17(12-14)21-11-10-20-16/h4-5,12,15,18H,2-3,6-11,13H2,1H3. The molecule has 1 fully saturated rings. The van der Waals surface area contributed by atoms with Crippen molar-refractivity contribution in [2.75, 3.05) is 39.4 Å². The minimum atomic E-state index is 0.646. The van der Waals surface area contributed by atoms with Crippen LogP contribution in [0.1, 0.15) is 25.3 Å². The molecule has 1 aromatic carbocycles. The molecule has 21 heavy (non-hydrogen) atoms. The smallest absolute Gasteiger partial charge is 0.161 e. The predicted octanol–water partition coefficient (Wildman–Crippen LogP) is 2.07. The van der Waals surface area contributed by atoms with Gasteiger partial charge in [-0.15, -0.1) is 0 Å². The quantitative estimate of drug-likeness (QED) is 0.920. The van der Waals surface area contributed by atoms with E-state index in [-0.39, 0.29) is 0 Å². The molecule has 0 aliphatic carbocycles. The minimum absolute atomic E-state index is 0.646. The number of nitrogens with zero attached hydrogens (tertiary/aromatic N) is 1. The van der Waals surface area contributed by atoms with Gasteiger partial charge in [-0.3, -0.25) is 0 Å². The lowest BCUT2D eigenvalue weighted by Gasteiger charge is -2.24. The van der Waals surface area contributed by atoms with E-state index in [1.807, 2.05) is 6.07 Å². The molecule has 1 atom stereocenters. The van der Waals surface area contributed by atoms with Crippen LogP contribution in [0.2, 0.25) is 0 Å². The lowest BCUT2D eigenvalue weighted by molar-refractivity contribution is 0.171. The lowest BCUT2D eigenvalue weighted by atomic mass is 10.1. The van der Waals surface area contributed by atoms with Gasteiger partial charge in [-0.2, -0.15) is 0 Å². The Morgan fingerprint density at radius 2 is 2.10 bits per heavy atom. The summed E-state index contributed by atoms with van der Waals surface area (Å²) < 4.78 is 11.2. The zero-order valence-electron chi connectivity index (χ0n) is 12.9. The first-order valence-corrected chi connectivity index (χ1v) is 8.19. The summed E-state index contributed by atoms with van der Waals surface area (Å²) in [6.07, 6.45) is 3.53. The molecule has 2 aliphatic rings. The summed E-state index contributed by atoms with van der Waals surface area (Å²) in [6.45, 7) is 8.23.